The fourth-order valence-corrected chi connectivity index (χ4v) is 3.23. The van der Waals surface area contributed by atoms with E-state index in [0.29, 0.717) is 24.5 Å². The highest BCUT2D eigenvalue weighted by Crippen LogP contribution is 2.21. The van der Waals surface area contributed by atoms with E-state index >= 15 is 0 Å². The molecule has 164 valence electrons. The summed E-state index contributed by atoms with van der Waals surface area (Å²) in [6.07, 6.45) is 0.963. The Hall–Kier alpha value is -2.74. The molecule has 0 saturated carbocycles. The molecule has 2 aromatic carbocycles. The molecule has 0 fully saturated rings. The minimum atomic E-state index is -3.34. The van der Waals surface area contributed by atoms with Gasteiger partial charge in [0.25, 0.3) is 5.91 Å². The number of nitrogens with zero attached hydrogens (tertiary/aromatic N) is 1. The van der Waals surface area contributed by atoms with Gasteiger partial charge in [0.2, 0.25) is 10.0 Å². The van der Waals surface area contributed by atoms with Gasteiger partial charge in [-0.1, -0.05) is 25.1 Å². The van der Waals surface area contributed by atoms with Gasteiger partial charge in [-0.2, -0.15) is 0 Å². The highest BCUT2D eigenvalue weighted by atomic mass is 32.2. The molecule has 1 N–H and O–H groups in total. The summed E-state index contributed by atoms with van der Waals surface area (Å²) in [7, 11) is -1.86. The van der Waals surface area contributed by atoms with Crippen LogP contribution in [0.2, 0.25) is 0 Å². The van der Waals surface area contributed by atoms with Gasteiger partial charge >= 0.3 is 0 Å². The number of hydrogen-bond donors (Lipinski definition) is 1. The summed E-state index contributed by atoms with van der Waals surface area (Å²) >= 11 is 0. The number of aryl methyl sites for hydroxylation is 1. The van der Waals surface area contributed by atoms with Crippen molar-refractivity contribution in [2.45, 2.75) is 39.3 Å². The van der Waals surface area contributed by atoms with Crippen LogP contribution in [0.15, 0.2) is 48.5 Å². The first-order valence-corrected chi connectivity index (χ1v) is 11.7. The van der Waals surface area contributed by atoms with Crippen molar-refractivity contribution in [2.75, 3.05) is 24.2 Å². The maximum absolute atomic E-state index is 12.6. The van der Waals surface area contributed by atoms with E-state index in [9.17, 15) is 13.2 Å². The lowest BCUT2D eigenvalue weighted by molar-refractivity contribution is -0.128. The van der Waals surface area contributed by atoms with Crippen LogP contribution in [-0.4, -0.2) is 46.4 Å². The summed E-state index contributed by atoms with van der Waals surface area (Å²) in [6, 6.07) is 14.1. The number of amides is 1. The first-order valence-electron chi connectivity index (χ1n) is 9.81. The predicted octanol–water partition coefficient (Wildman–Crippen LogP) is 3.13. The zero-order chi connectivity index (χ0) is 22.3. The van der Waals surface area contributed by atoms with E-state index in [2.05, 4.69) is 5.32 Å². The van der Waals surface area contributed by atoms with E-state index in [1.54, 1.807) is 24.3 Å². The van der Waals surface area contributed by atoms with Gasteiger partial charge in [0.05, 0.1) is 18.0 Å². The Labute approximate surface area is 179 Å². The third-order valence-corrected chi connectivity index (χ3v) is 5.82. The van der Waals surface area contributed by atoms with Crippen LogP contribution in [0.5, 0.6) is 11.5 Å². The molecule has 0 spiro atoms. The van der Waals surface area contributed by atoms with E-state index < -0.39 is 16.1 Å². The molecule has 0 saturated heterocycles. The molecule has 2 aromatic rings. The summed E-state index contributed by atoms with van der Waals surface area (Å²) < 4.78 is 36.0. The summed E-state index contributed by atoms with van der Waals surface area (Å²) in [5.74, 6) is 1.06. The Morgan fingerprint density at radius 1 is 1.13 bits per heavy atom. The minimum Gasteiger partial charge on any atom is -0.491 e. The maximum atomic E-state index is 12.6. The van der Waals surface area contributed by atoms with E-state index in [1.807, 2.05) is 45.0 Å². The van der Waals surface area contributed by atoms with E-state index in [0.717, 1.165) is 17.6 Å². The molecule has 2 atom stereocenters. The zero-order valence-corrected chi connectivity index (χ0v) is 18.9. The number of nitrogens with one attached hydrogen (secondary N) is 1. The van der Waals surface area contributed by atoms with Crippen molar-refractivity contribution in [3.8, 4) is 11.5 Å². The number of rotatable bonds is 10. The molecule has 0 aromatic heterocycles. The molecule has 0 aliphatic carbocycles. The smallest absolute Gasteiger partial charge is 0.261 e. The molecule has 7 nitrogen and oxygen atoms in total. The van der Waals surface area contributed by atoms with E-state index in [1.165, 1.54) is 11.4 Å². The predicted molar refractivity (Wildman–Crippen MR) is 119 cm³/mol. The van der Waals surface area contributed by atoms with Gasteiger partial charge in [-0.3, -0.25) is 9.10 Å². The standard InChI is InChI=1S/C22H30N2O5S/c1-6-20(29-19-13-11-18(12-14-19)24(4)30(5,26)27)22(25)23-17(3)15-28-21-10-8-7-9-16(21)2/h7-14,17,20H,6,15H2,1-5H3,(H,23,25)/t17-,20-/m1/s1. The van der Waals surface area contributed by atoms with Crippen LogP contribution in [-0.2, 0) is 14.8 Å². The first-order chi connectivity index (χ1) is 14.1. The lowest BCUT2D eigenvalue weighted by Gasteiger charge is -2.22. The Balaban J connectivity index is 1.92. The Morgan fingerprint density at radius 2 is 1.77 bits per heavy atom. The van der Waals surface area contributed by atoms with E-state index in [4.69, 9.17) is 9.47 Å². The zero-order valence-electron chi connectivity index (χ0n) is 18.1. The average Bonchev–Trinajstić information content (AvgIpc) is 2.70. The first kappa shape index (κ1) is 23.5. The van der Waals surface area contributed by atoms with Gasteiger partial charge in [0.1, 0.15) is 18.1 Å². The molecule has 0 aliphatic heterocycles. The van der Waals surface area contributed by atoms with Crippen molar-refractivity contribution in [1.82, 2.24) is 5.32 Å². The van der Waals surface area contributed by atoms with Gasteiger partial charge in [-0.25, -0.2) is 8.42 Å². The summed E-state index contributed by atoms with van der Waals surface area (Å²) in [5, 5.41) is 2.91. The lowest BCUT2D eigenvalue weighted by atomic mass is 10.2. The number of para-hydroxylation sites is 1. The number of carbonyl (C=O) groups excluding carboxylic acids is 1. The van der Waals surface area contributed by atoms with Gasteiger partial charge in [-0.05, 0) is 56.2 Å². The average molecular weight is 435 g/mol. The van der Waals surface area contributed by atoms with Crippen molar-refractivity contribution in [2.24, 2.45) is 0 Å². The van der Waals surface area contributed by atoms with Crippen LogP contribution in [0.25, 0.3) is 0 Å². The number of ether oxygens (including phenoxy) is 2. The van der Waals surface area contributed by atoms with Crippen LogP contribution in [0, 0.1) is 6.92 Å². The van der Waals surface area contributed by atoms with Gasteiger partial charge < -0.3 is 14.8 Å². The van der Waals surface area contributed by atoms with Crippen LogP contribution < -0.4 is 19.1 Å². The summed E-state index contributed by atoms with van der Waals surface area (Å²) in [6.45, 7) is 6.06. The SMILES string of the molecule is CC[C@@H](Oc1ccc(N(C)S(C)(=O)=O)cc1)C(=O)N[C@H](C)COc1ccccc1C. The largest absolute Gasteiger partial charge is 0.491 e. The quantitative estimate of drug-likeness (QED) is 0.621. The molecular weight excluding hydrogens is 404 g/mol. The Morgan fingerprint density at radius 3 is 2.33 bits per heavy atom. The van der Waals surface area contributed by atoms with Crippen molar-refractivity contribution < 1.29 is 22.7 Å². The number of benzene rings is 2. The van der Waals surface area contributed by atoms with Crippen molar-refractivity contribution in [1.29, 1.82) is 0 Å². The second-order valence-electron chi connectivity index (χ2n) is 7.23. The second-order valence-corrected chi connectivity index (χ2v) is 9.24. The highest BCUT2D eigenvalue weighted by Gasteiger charge is 2.21. The molecule has 0 unspecified atom stereocenters. The van der Waals surface area contributed by atoms with Gasteiger partial charge in [-0.15, -0.1) is 0 Å². The van der Waals surface area contributed by atoms with Crippen LogP contribution in [0.4, 0.5) is 5.69 Å². The Kier molecular flexibility index (Phi) is 8.11. The van der Waals surface area contributed by atoms with Crippen LogP contribution in [0.3, 0.4) is 0 Å². The number of anilines is 1. The molecule has 0 radical (unpaired) electrons. The lowest BCUT2D eigenvalue weighted by Crippen LogP contribution is -2.44. The normalized spacial score (nSPS) is 13.2. The maximum Gasteiger partial charge on any atom is 0.261 e. The molecular formula is C22H30N2O5S. The summed E-state index contributed by atoms with van der Waals surface area (Å²) in [5.41, 5.74) is 1.56. The van der Waals surface area contributed by atoms with Crippen molar-refractivity contribution in [3.63, 3.8) is 0 Å². The van der Waals surface area contributed by atoms with Crippen LogP contribution >= 0.6 is 0 Å². The summed E-state index contributed by atoms with van der Waals surface area (Å²) in [4.78, 5) is 12.6. The number of sulfonamides is 1. The molecule has 2 rings (SSSR count). The molecule has 0 aliphatic rings. The fourth-order valence-electron chi connectivity index (χ4n) is 2.72. The number of carbonyl (C=O) groups is 1. The van der Waals surface area contributed by atoms with Gasteiger partial charge in [0.15, 0.2) is 6.10 Å². The Bertz CT molecular complexity index is 944. The third-order valence-electron chi connectivity index (χ3n) is 4.61. The molecule has 1 amide bonds. The fraction of sp³-hybridized carbons (Fsp3) is 0.409. The van der Waals surface area contributed by atoms with Crippen LogP contribution in [0.1, 0.15) is 25.8 Å². The topological polar surface area (TPSA) is 84.9 Å². The molecule has 8 heteroatoms. The highest BCUT2D eigenvalue weighted by molar-refractivity contribution is 7.92. The molecule has 30 heavy (non-hydrogen) atoms. The monoisotopic (exact) mass is 434 g/mol. The second kappa shape index (κ2) is 10.3. The van der Waals surface area contributed by atoms with Crippen molar-refractivity contribution in [3.05, 3.63) is 54.1 Å². The third kappa shape index (κ3) is 6.66. The molecule has 0 heterocycles. The molecule has 0 bridgehead atoms. The minimum absolute atomic E-state index is 0.194. The number of hydrogen-bond acceptors (Lipinski definition) is 5. The van der Waals surface area contributed by atoms with E-state index in [-0.39, 0.29) is 11.9 Å². The van der Waals surface area contributed by atoms with Gasteiger partial charge in [0, 0.05) is 7.05 Å². The van der Waals surface area contributed by atoms with Crippen molar-refractivity contribution >= 4 is 21.6 Å².